The number of hydrogen-bond acceptors (Lipinski definition) is 4. The first kappa shape index (κ1) is 13.0. The Morgan fingerprint density at radius 3 is 2.36 bits per heavy atom. The van der Waals surface area contributed by atoms with Gasteiger partial charge in [0.05, 0.1) is 13.7 Å². The zero-order valence-corrected chi connectivity index (χ0v) is 9.18. The summed E-state index contributed by atoms with van der Waals surface area (Å²) in [7, 11) is 1.35. The maximum absolute atomic E-state index is 11.3. The molecular weight excluding hydrogens is 208 g/mol. The topological polar surface area (TPSA) is 52.6 Å². The maximum atomic E-state index is 11.3. The highest BCUT2D eigenvalue weighted by atomic mass is 35.5. The summed E-state index contributed by atoms with van der Waals surface area (Å²) < 4.78 is 9.26. The minimum atomic E-state index is -0.558. The second kappa shape index (κ2) is 6.43. The van der Waals surface area contributed by atoms with Crippen molar-refractivity contribution in [1.82, 2.24) is 0 Å². The van der Waals surface area contributed by atoms with Gasteiger partial charge in [-0.1, -0.05) is 0 Å². The molecule has 0 N–H and O–H groups in total. The Bertz CT molecular complexity index is 258. The summed E-state index contributed by atoms with van der Waals surface area (Å²) in [4.78, 5) is 22.2. The van der Waals surface area contributed by atoms with Crippen LogP contribution in [0.15, 0.2) is 10.8 Å². The number of Topliss-reactive ketones (excluding diaryl/α,β-unsaturated/α-hetero) is 1. The number of hydrogen-bond donors (Lipinski definition) is 0. The molecule has 0 heterocycles. The van der Waals surface area contributed by atoms with Crippen LogP contribution in [0.25, 0.3) is 0 Å². The molecule has 4 nitrogen and oxygen atoms in total. The van der Waals surface area contributed by atoms with Crippen LogP contribution >= 0.6 is 11.6 Å². The zero-order chi connectivity index (χ0) is 11.1. The third-order valence-electron chi connectivity index (χ3n) is 1.50. The Morgan fingerprint density at radius 2 is 1.93 bits per heavy atom. The number of rotatable bonds is 5. The molecule has 0 aromatic heterocycles. The average molecular weight is 221 g/mol. The second-order valence-corrected chi connectivity index (χ2v) is 2.85. The highest BCUT2D eigenvalue weighted by Crippen LogP contribution is 2.12. The predicted octanol–water partition coefficient (Wildman–Crippen LogP) is 1.63. The Kier molecular flexibility index (Phi) is 5.95. The van der Waals surface area contributed by atoms with Crippen LogP contribution in [-0.4, -0.2) is 25.5 Å². The molecule has 0 bridgehead atoms. The van der Waals surface area contributed by atoms with E-state index in [0.29, 0.717) is 0 Å². The van der Waals surface area contributed by atoms with Gasteiger partial charge in [0, 0.05) is 5.57 Å². The van der Waals surface area contributed by atoms with Crippen LogP contribution in [0.1, 0.15) is 20.3 Å². The molecule has 0 atom stereocenters. The van der Waals surface area contributed by atoms with Crippen LogP contribution < -0.4 is 0 Å². The molecule has 5 heteroatoms. The number of ether oxygens (including phenoxy) is 2. The normalized spacial score (nSPS) is 11.7. The van der Waals surface area contributed by atoms with Crippen LogP contribution in [0.5, 0.6) is 0 Å². The van der Waals surface area contributed by atoms with E-state index < -0.39 is 11.8 Å². The molecule has 14 heavy (non-hydrogen) atoms. The van der Waals surface area contributed by atoms with Crippen molar-refractivity contribution in [1.29, 1.82) is 0 Å². The van der Waals surface area contributed by atoms with Crippen LogP contribution in [0, 0.1) is 0 Å². The van der Waals surface area contributed by atoms with Gasteiger partial charge in [-0.15, -0.1) is 0 Å². The third kappa shape index (κ3) is 4.28. The fraction of sp³-hybridized carbons (Fsp3) is 0.556. The van der Waals surface area contributed by atoms with Gasteiger partial charge < -0.3 is 9.47 Å². The highest BCUT2D eigenvalue weighted by molar-refractivity contribution is 6.31. The third-order valence-corrected chi connectivity index (χ3v) is 1.94. The van der Waals surface area contributed by atoms with Gasteiger partial charge in [0.1, 0.15) is 6.42 Å². The first-order chi connectivity index (χ1) is 6.52. The van der Waals surface area contributed by atoms with Gasteiger partial charge in [0.25, 0.3) is 0 Å². The van der Waals surface area contributed by atoms with Crippen molar-refractivity contribution in [3.05, 3.63) is 10.8 Å². The summed E-state index contributed by atoms with van der Waals surface area (Å²) in [5.41, 5.74) is 0.224. The predicted molar refractivity (Wildman–Crippen MR) is 51.8 cm³/mol. The molecule has 0 rings (SSSR count). The fourth-order valence-electron chi connectivity index (χ4n) is 0.738. The van der Waals surface area contributed by atoms with Crippen molar-refractivity contribution < 1.29 is 19.1 Å². The first-order valence-corrected chi connectivity index (χ1v) is 4.49. The molecule has 0 spiro atoms. The van der Waals surface area contributed by atoms with Crippen molar-refractivity contribution in [2.75, 3.05) is 13.7 Å². The number of carbonyl (C=O) groups excluding carboxylic acids is 2. The molecule has 0 aliphatic rings. The Morgan fingerprint density at radius 1 is 1.36 bits per heavy atom. The van der Waals surface area contributed by atoms with Crippen molar-refractivity contribution in [2.24, 2.45) is 0 Å². The van der Waals surface area contributed by atoms with Crippen molar-refractivity contribution in [3.8, 4) is 0 Å². The van der Waals surface area contributed by atoms with E-state index in [4.69, 9.17) is 11.6 Å². The summed E-state index contributed by atoms with van der Waals surface area (Å²) in [5.74, 6) is -0.951. The molecule has 0 aliphatic heterocycles. The summed E-state index contributed by atoms with van der Waals surface area (Å²) in [5, 5.41) is -0.000650. The highest BCUT2D eigenvalue weighted by Gasteiger charge is 2.15. The summed E-state index contributed by atoms with van der Waals surface area (Å²) >= 11 is 5.56. The molecule has 0 saturated heterocycles. The minimum Gasteiger partial charge on any atom is -0.486 e. The monoisotopic (exact) mass is 220 g/mol. The quantitative estimate of drug-likeness (QED) is 0.306. The lowest BCUT2D eigenvalue weighted by molar-refractivity contribution is -0.144. The SMILES string of the molecule is CCOC(=O)CC(=O)/C(C)=C(\Cl)OC. The van der Waals surface area contributed by atoms with E-state index in [1.165, 1.54) is 14.0 Å². The van der Waals surface area contributed by atoms with Crippen LogP contribution in [0.2, 0.25) is 0 Å². The number of halogens is 1. The average Bonchev–Trinajstić information content (AvgIpc) is 2.15. The molecule has 0 unspecified atom stereocenters. The summed E-state index contributed by atoms with van der Waals surface area (Å²) in [6.45, 7) is 3.42. The van der Waals surface area contributed by atoms with Crippen molar-refractivity contribution in [2.45, 2.75) is 20.3 Å². The minimum absolute atomic E-state index is 0.000650. The number of methoxy groups -OCH3 is 1. The molecule has 0 aromatic rings. The lowest BCUT2D eigenvalue weighted by Gasteiger charge is -2.03. The van der Waals surface area contributed by atoms with Gasteiger partial charge in [-0.2, -0.15) is 0 Å². The molecule has 0 saturated carbocycles. The number of ketones is 1. The molecule has 0 fully saturated rings. The van der Waals surface area contributed by atoms with E-state index in [1.807, 2.05) is 0 Å². The first-order valence-electron chi connectivity index (χ1n) is 4.12. The number of allylic oxidation sites excluding steroid dienone is 1. The van der Waals surface area contributed by atoms with E-state index >= 15 is 0 Å². The molecule has 0 radical (unpaired) electrons. The van der Waals surface area contributed by atoms with E-state index in [-0.39, 0.29) is 23.8 Å². The molecule has 80 valence electrons. The zero-order valence-electron chi connectivity index (χ0n) is 8.43. The molecular formula is C9H13ClO4. The van der Waals surface area contributed by atoms with Gasteiger partial charge in [-0.05, 0) is 25.4 Å². The number of esters is 1. The van der Waals surface area contributed by atoms with Gasteiger partial charge in [0.2, 0.25) is 0 Å². The van der Waals surface area contributed by atoms with E-state index in [1.54, 1.807) is 6.92 Å². The standard InChI is InChI=1S/C9H13ClO4/c1-4-14-8(12)5-7(11)6(2)9(10)13-3/h4-5H2,1-3H3/b9-6+. The van der Waals surface area contributed by atoms with Gasteiger partial charge in [-0.25, -0.2) is 0 Å². The van der Waals surface area contributed by atoms with E-state index in [0.717, 1.165) is 0 Å². The van der Waals surface area contributed by atoms with Crippen LogP contribution in [-0.2, 0) is 19.1 Å². The van der Waals surface area contributed by atoms with E-state index in [2.05, 4.69) is 9.47 Å². The number of carbonyl (C=O) groups is 2. The lowest BCUT2D eigenvalue weighted by Crippen LogP contribution is -2.12. The maximum Gasteiger partial charge on any atom is 0.313 e. The van der Waals surface area contributed by atoms with E-state index in [9.17, 15) is 9.59 Å². The summed E-state index contributed by atoms with van der Waals surface area (Å²) in [6, 6.07) is 0. The van der Waals surface area contributed by atoms with Crippen molar-refractivity contribution >= 4 is 23.4 Å². The fourth-order valence-corrected chi connectivity index (χ4v) is 0.844. The molecule has 0 amide bonds. The Balaban J connectivity index is 4.29. The molecule has 0 aliphatic carbocycles. The van der Waals surface area contributed by atoms with Gasteiger partial charge in [0.15, 0.2) is 11.0 Å². The lowest BCUT2D eigenvalue weighted by atomic mass is 10.1. The molecule has 0 aromatic carbocycles. The second-order valence-electron chi connectivity index (χ2n) is 2.51. The summed E-state index contributed by atoms with van der Waals surface area (Å²) in [6.07, 6.45) is -0.306. The Labute approximate surface area is 87.8 Å². The van der Waals surface area contributed by atoms with Gasteiger partial charge >= 0.3 is 5.97 Å². The smallest absolute Gasteiger partial charge is 0.313 e. The van der Waals surface area contributed by atoms with Crippen LogP contribution in [0.4, 0.5) is 0 Å². The van der Waals surface area contributed by atoms with Crippen molar-refractivity contribution in [3.63, 3.8) is 0 Å². The van der Waals surface area contributed by atoms with Crippen LogP contribution in [0.3, 0.4) is 0 Å². The Hall–Kier alpha value is -1.03. The largest absolute Gasteiger partial charge is 0.486 e. The van der Waals surface area contributed by atoms with Gasteiger partial charge in [-0.3, -0.25) is 9.59 Å².